The van der Waals surface area contributed by atoms with Crippen molar-refractivity contribution in [3.8, 4) is 0 Å². The van der Waals surface area contributed by atoms with E-state index in [1.54, 1.807) is 0 Å². The summed E-state index contributed by atoms with van der Waals surface area (Å²) in [6.45, 7) is 2.90. The normalized spacial score (nSPS) is 17.2. The van der Waals surface area contributed by atoms with Gasteiger partial charge in [-0.15, -0.1) is 12.4 Å². The van der Waals surface area contributed by atoms with Gasteiger partial charge in [-0.3, -0.25) is 9.98 Å². The van der Waals surface area contributed by atoms with Crippen LogP contribution in [0.5, 0.6) is 0 Å². The lowest BCUT2D eigenvalue weighted by Crippen LogP contribution is -2.35. The minimum atomic E-state index is -0.158. The van der Waals surface area contributed by atoms with Gasteiger partial charge in [0.05, 0.1) is 30.4 Å². The summed E-state index contributed by atoms with van der Waals surface area (Å²) in [5.74, 6) is 0.847. The van der Waals surface area contributed by atoms with Gasteiger partial charge in [-0.25, -0.2) is 0 Å². The Morgan fingerprint density at radius 3 is 1.65 bits per heavy atom. The molecule has 26 heavy (non-hydrogen) atoms. The highest BCUT2D eigenvalue weighted by atomic mass is 35.5. The summed E-state index contributed by atoms with van der Waals surface area (Å²) in [5, 5.41) is 8.82. The molecule has 0 bridgehead atoms. The number of nitrogens with zero attached hydrogens (tertiary/aromatic N) is 4. The summed E-state index contributed by atoms with van der Waals surface area (Å²) in [5.41, 5.74) is 15.9. The van der Waals surface area contributed by atoms with Gasteiger partial charge in [0, 0.05) is 11.1 Å². The Kier molecular flexibility index (Phi) is 6.86. The van der Waals surface area contributed by atoms with Crippen LogP contribution >= 0.6 is 12.4 Å². The van der Waals surface area contributed by atoms with Crippen LogP contribution in [-0.4, -0.2) is 11.7 Å². The highest BCUT2D eigenvalue weighted by Crippen LogP contribution is 2.26. The van der Waals surface area contributed by atoms with Crippen molar-refractivity contribution in [1.82, 2.24) is 0 Å². The number of azo groups is 1. The van der Waals surface area contributed by atoms with Gasteiger partial charge in [-0.1, -0.05) is 43.3 Å². The SMILES string of the molecule is CCC1C(N)=NCc2ccccc2N=Nc2ccccc2CN=C1N.Cl. The van der Waals surface area contributed by atoms with E-state index < -0.39 is 0 Å². The molecule has 3 rings (SSSR count). The minimum Gasteiger partial charge on any atom is -0.387 e. The molecule has 0 fully saturated rings. The van der Waals surface area contributed by atoms with Crippen molar-refractivity contribution >= 4 is 35.5 Å². The lowest BCUT2D eigenvalue weighted by Gasteiger charge is -2.14. The monoisotopic (exact) mass is 370 g/mol. The first-order valence-electron chi connectivity index (χ1n) is 8.36. The zero-order chi connectivity index (χ0) is 17.6. The average molecular weight is 371 g/mol. The maximum Gasteiger partial charge on any atom is 0.105 e. The van der Waals surface area contributed by atoms with Gasteiger partial charge in [-0.2, -0.15) is 10.2 Å². The molecule has 1 heterocycles. The Labute approximate surface area is 159 Å². The van der Waals surface area contributed by atoms with Crippen LogP contribution in [0.3, 0.4) is 0 Å². The molecule has 0 saturated heterocycles. The van der Waals surface area contributed by atoms with Crippen molar-refractivity contribution < 1.29 is 0 Å². The summed E-state index contributed by atoms with van der Waals surface area (Å²) in [4.78, 5) is 9.03. The standard InChI is InChI=1S/C19H22N6.ClH/c1-2-15-18(20)22-11-13-7-3-5-9-16(13)24-25-17-10-6-4-8-14(17)12-23-19(15)21;/h3-10,15H,2,11-12H2,1H3,(H2,20,22)(H2,21,23);1H. The average Bonchev–Trinajstić information content (AvgIpc) is 2.65. The first-order valence-corrected chi connectivity index (χ1v) is 8.36. The zero-order valence-corrected chi connectivity index (χ0v) is 15.5. The van der Waals surface area contributed by atoms with E-state index in [9.17, 15) is 0 Å². The molecule has 0 atom stereocenters. The summed E-state index contributed by atoms with van der Waals surface area (Å²) < 4.78 is 0. The molecule has 6 nitrogen and oxygen atoms in total. The second kappa shape index (κ2) is 9.10. The molecule has 1 aliphatic heterocycles. The number of hydrogen-bond donors (Lipinski definition) is 2. The molecule has 2 aromatic carbocycles. The van der Waals surface area contributed by atoms with Crippen LogP contribution in [0, 0.1) is 5.92 Å². The maximum absolute atomic E-state index is 6.19. The smallest absolute Gasteiger partial charge is 0.105 e. The third kappa shape index (κ3) is 4.46. The molecule has 7 heteroatoms. The second-order valence-corrected chi connectivity index (χ2v) is 5.90. The Morgan fingerprint density at radius 1 is 0.808 bits per heavy atom. The summed E-state index contributed by atoms with van der Waals surface area (Å²) >= 11 is 0. The van der Waals surface area contributed by atoms with E-state index in [0.29, 0.717) is 24.8 Å². The molecule has 0 amide bonds. The number of benzene rings is 2. The molecular weight excluding hydrogens is 348 g/mol. The largest absolute Gasteiger partial charge is 0.387 e. The molecule has 0 unspecified atom stereocenters. The first kappa shape index (κ1) is 19.6. The van der Waals surface area contributed by atoms with E-state index in [2.05, 4.69) is 20.2 Å². The number of halogens is 1. The second-order valence-electron chi connectivity index (χ2n) is 5.90. The van der Waals surface area contributed by atoms with Crippen molar-refractivity contribution in [2.75, 3.05) is 0 Å². The molecule has 0 aliphatic carbocycles. The van der Waals surface area contributed by atoms with Crippen molar-refractivity contribution in [2.24, 2.45) is 37.6 Å². The number of nitrogens with two attached hydrogens (primary N) is 2. The Morgan fingerprint density at radius 2 is 1.23 bits per heavy atom. The van der Waals surface area contributed by atoms with Gasteiger partial charge >= 0.3 is 0 Å². The topological polar surface area (TPSA) is 101 Å². The van der Waals surface area contributed by atoms with Crippen molar-refractivity contribution in [2.45, 2.75) is 26.4 Å². The van der Waals surface area contributed by atoms with Crippen LogP contribution < -0.4 is 11.5 Å². The highest BCUT2D eigenvalue weighted by Gasteiger charge is 2.16. The fourth-order valence-electron chi connectivity index (χ4n) is 2.74. The highest BCUT2D eigenvalue weighted by molar-refractivity contribution is 6.04. The van der Waals surface area contributed by atoms with E-state index in [4.69, 9.17) is 11.5 Å². The third-order valence-corrected chi connectivity index (χ3v) is 4.23. The quantitative estimate of drug-likeness (QED) is 0.782. The lowest BCUT2D eigenvalue weighted by molar-refractivity contribution is 0.818. The fourth-order valence-corrected chi connectivity index (χ4v) is 2.74. The number of fused-ring (bicyclic) bond motifs is 2. The number of hydrogen-bond acceptors (Lipinski definition) is 6. The summed E-state index contributed by atoms with van der Waals surface area (Å²) in [6, 6.07) is 15.6. The first-order chi connectivity index (χ1) is 12.2. The van der Waals surface area contributed by atoms with Crippen molar-refractivity contribution in [1.29, 1.82) is 0 Å². The van der Waals surface area contributed by atoms with Crippen LogP contribution in [0.25, 0.3) is 0 Å². The van der Waals surface area contributed by atoms with Crippen molar-refractivity contribution in [3.05, 3.63) is 59.7 Å². The molecule has 0 radical (unpaired) electrons. The van der Waals surface area contributed by atoms with E-state index in [1.165, 1.54) is 0 Å². The molecule has 1 aliphatic rings. The number of aliphatic imine (C=N–C) groups is 2. The van der Waals surface area contributed by atoms with E-state index >= 15 is 0 Å². The lowest BCUT2D eigenvalue weighted by atomic mass is 10.0. The van der Waals surface area contributed by atoms with Crippen molar-refractivity contribution in [3.63, 3.8) is 0 Å². The van der Waals surface area contributed by atoms with E-state index in [1.807, 2.05) is 55.5 Å². The van der Waals surface area contributed by atoms with Gasteiger partial charge in [0.15, 0.2) is 0 Å². The zero-order valence-electron chi connectivity index (χ0n) is 14.7. The molecule has 0 aromatic heterocycles. The predicted molar refractivity (Wildman–Crippen MR) is 109 cm³/mol. The number of amidine groups is 2. The van der Waals surface area contributed by atoms with Crippen LogP contribution in [0.15, 0.2) is 68.7 Å². The Balaban J connectivity index is 0.00000243. The van der Waals surface area contributed by atoms with Gasteiger partial charge in [0.2, 0.25) is 0 Å². The fraction of sp³-hybridized carbons (Fsp3) is 0.263. The van der Waals surface area contributed by atoms with Gasteiger partial charge in [0.1, 0.15) is 11.7 Å². The van der Waals surface area contributed by atoms with Gasteiger partial charge in [-0.05, 0) is 18.6 Å². The van der Waals surface area contributed by atoms with Gasteiger partial charge < -0.3 is 11.5 Å². The van der Waals surface area contributed by atoms with E-state index in [0.717, 1.165) is 28.9 Å². The molecular formula is C19H23ClN6. The molecule has 136 valence electrons. The Hall–Kier alpha value is -2.73. The molecule has 4 N–H and O–H groups in total. The van der Waals surface area contributed by atoms with E-state index in [-0.39, 0.29) is 18.3 Å². The molecule has 0 saturated carbocycles. The third-order valence-electron chi connectivity index (χ3n) is 4.23. The summed E-state index contributed by atoms with van der Waals surface area (Å²) in [7, 11) is 0. The van der Waals surface area contributed by atoms with Crippen LogP contribution in [0.1, 0.15) is 24.5 Å². The minimum absolute atomic E-state index is 0. The maximum atomic E-state index is 6.19. The number of rotatable bonds is 1. The summed E-state index contributed by atoms with van der Waals surface area (Å²) in [6.07, 6.45) is 0.753. The molecule has 2 aromatic rings. The van der Waals surface area contributed by atoms with Crippen LogP contribution in [0.2, 0.25) is 0 Å². The van der Waals surface area contributed by atoms with Gasteiger partial charge in [0.25, 0.3) is 0 Å². The Bertz CT molecular complexity index is 776. The van der Waals surface area contributed by atoms with Crippen LogP contribution in [0.4, 0.5) is 11.4 Å². The molecule has 0 spiro atoms. The van der Waals surface area contributed by atoms with Crippen LogP contribution in [-0.2, 0) is 13.1 Å². The predicted octanol–water partition coefficient (Wildman–Crippen LogP) is 4.28.